The number of hydrogen-bond acceptors (Lipinski definition) is 5. The van der Waals surface area contributed by atoms with Crippen molar-refractivity contribution in [1.82, 2.24) is 4.98 Å². The Bertz CT molecular complexity index is 620. The summed E-state index contributed by atoms with van der Waals surface area (Å²) in [5.41, 5.74) is 6.55. The van der Waals surface area contributed by atoms with Crippen molar-refractivity contribution in [2.24, 2.45) is 0 Å². The van der Waals surface area contributed by atoms with Crippen molar-refractivity contribution in [1.29, 1.82) is 0 Å². The van der Waals surface area contributed by atoms with Crippen LogP contribution in [0.4, 0.5) is 5.69 Å². The summed E-state index contributed by atoms with van der Waals surface area (Å²) in [6, 6.07) is 6.87. The van der Waals surface area contributed by atoms with Gasteiger partial charge in [0.1, 0.15) is 0 Å². The molecule has 0 bridgehead atoms. The van der Waals surface area contributed by atoms with Crippen LogP contribution in [0, 0.1) is 0 Å². The maximum atomic E-state index is 12.0. The maximum absolute atomic E-state index is 12.0. The Kier molecular flexibility index (Phi) is 4.87. The number of nitrogens with two attached hydrogens (primary N) is 1. The molecule has 1 heterocycles. The van der Waals surface area contributed by atoms with E-state index in [9.17, 15) is 4.79 Å². The summed E-state index contributed by atoms with van der Waals surface area (Å²) in [4.78, 5) is 17.5. The van der Waals surface area contributed by atoms with Crippen molar-refractivity contribution < 1.29 is 9.53 Å². The monoisotopic (exact) mass is 308 g/mol. The van der Waals surface area contributed by atoms with Crippen LogP contribution < -0.4 is 5.73 Å². The van der Waals surface area contributed by atoms with E-state index >= 15 is 0 Å². The molecule has 0 aliphatic heterocycles. The normalized spacial score (nSPS) is 10.3. The molecule has 2 N–H and O–H groups in total. The SMILES string of the molecule is CCOC(=O)c1cc(N)cc(Cl)c1Sc1ccncc1. The lowest BCUT2D eigenvalue weighted by Gasteiger charge is -2.11. The fraction of sp³-hybridized carbons (Fsp3) is 0.143. The molecule has 0 unspecified atom stereocenters. The zero-order valence-electron chi connectivity index (χ0n) is 10.8. The third-order valence-electron chi connectivity index (χ3n) is 2.43. The minimum atomic E-state index is -0.432. The van der Waals surface area contributed by atoms with Gasteiger partial charge < -0.3 is 10.5 Å². The van der Waals surface area contributed by atoms with Gasteiger partial charge in [0.25, 0.3) is 0 Å². The Morgan fingerprint density at radius 1 is 1.40 bits per heavy atom. The molecule has 0 spiro atoms. The van der Waals surface area contributed by atoms with Gasteiger partial charge in [-0.3, -0.25) is 4.98 Å². The van der Waals surface area contributed by atoms with Crippen LogP contribution in [0.1, 0.15) is 17.3 Å². The lowest BCUT2D eigenvalue weighted by molar-refractivity contribution is 0.0522. The van der Waals surface area contributed by atoms with E-state index in [-0.39, 0.29) is 0 Å². The summed E-state index contributed by atoms with van der Waals surface area (Å²) in [5, 5.41) is 0.426. The zero-order chi connectivity index (χ0) is 14.5. The molecule has 6 heteroatoms. The lowest BCUT2D eigenvalue weighted by Crippen LogP contribution is -2.07. The number of rotatable bonds is 4. The van der Waals surface area contributed by atoms with E-state index in [0.29, 0.717) is 27.8 Å². The lowest BCUT2D eigenvalue weighted by atomic mass is 10.2. The maximum Gasteiger partial charge on any atom is 0.339 e. The molecule has 2 rings (SSSR count). The van der Waals surface area contributed by atoms with Gasteiger partial charge in [-0.15, -0.1) is 0 Å². The van der Waals surface area contributed by atoms with E-state index in [2.05, 4.69) is 4.98 Å². The first-order chi connectivity index (χ1) is 9.61. The number of anilines is 1. The Labute approximate surface area is 126 Å². The van der Waals surface area contributed by atoms with Gasteiger partial charge in [-0.2, -0.15) is 0 Å². The van der Waals surface area contributed by atoms with E-state index in [1.165, 1.54) is 11.8 Å². The third-order valence-corrected chi connectivity index (χ3v) is 3.99. The van der Waals surface area contributed by atoms with Crippen LogP contribution in [-0.2, 0) is 4.74 Å². The molecular weight excluding hydrogens is 296 g/mol. The standard InChI is InChI=1S/C14H13ClN2O2S/c1-2-19-14(18)11-7-9(16)8-12(15)13(11)20-10-3-5-17-6-4-10/h3-8H,2,16H2,1H3. The van der Waals surface area contributed by atoms with Gasteiger partial charge in [0.05, 0.1) is 17.2 Å². The molecule has 0 saturated carbocycles. The summed E-state index contributed by atoms with van der Waals surface area (Å²) in [6.45, 7) is 2.05. The number of ether oxygens (including phenoxy) is 1. The molecule has 20 heavy (non-hydrogen) atoms. The largest absolute Gasteiger partial charge is 0.462 e. The first-order valence-electron chi connectivity index (χ1n) is 5.96. The minimum absolute atomic E-state index is 0.296. The first-order valence-corrected chi connectivity index (χ1v) is 7.15. The molecule has 0 aliphatic carbocycles. The van der Waals surface area contributed by atoms with E-state index in [4.69, 9.17) is 22.1 Å². The van der Waals surface area contributed by atoms with E-state index in [1.807, 2.05) is 12.1 Å². The van der Waals surface area contributed by atoms with Gasteiger partial charge in [-0.05, 0) is 31.2 Å². The number of aromatic nitrogens is 1. The number of benzene rings is 1. The average molecular weight is 309 g/mol. The molecule has 104 valence electrons. The van der Waals surface area contributed by atoms with Crippen molar-refractivity contribution in [3.8, 4) is 0 Å². The van der Waals surface area contributed by atoms with Crippen LogP contribution in [0.25, 0.3) is 0 Å². The fourth-order valence-corrected chi connectivity index (χ4v) is 2.85. The van der Waals surface area contributed by atoms with Crippen LogP contribution in [-0.4, -0.2) is 17.6 Å². The number of hydrogen-bond donors (Lipinski definition) is 1. The fourth-order valence-electron chi connectivity index (χ4n) is 1.60. The van der Waals surface area contributed by atoms with E-state index in [1.54, 1.807) is 31.5 Å². The molecule has 2 aromatic rings. The first kappa shape index (κ1) is 14.7. The second kappa shape index (κ2) is 6.63. The van der Waals surface area contributed by atoms with Crippen molar-refractivity contribution in [2.45, 2.75) is 16.7 Å². The van der Waals surface area contributed by atoms with Gasteiger partial charge in [0.2, 0.25) is 0 Å². The number of pyridine rings is 1. The number of nitrogen functional groups attached to an aromatic ring is 1. The zero-order valence-corrected chi connectivity index (χ0v) is 12.4. The number of nitrogens with zero attached hydrogens (tertiary/aromatic N) is 1. The Hall–Kier alpha value is -1.72. The molecule has 0 radical (unpaired) electrons. The summed E-state index contributed by atoms with van der Waals surface area (Å²) in [7, 11) is 0. The molecule has 1 aromatic carbocycles. The molecule has 4 nitrogen and oxygen atoms in total. The molecule has 0 aliphatic rings. The Morgan fingerprint density at radius 2 is 2.10 bits per heavy atom. The van der Waals surface area contributed by atoms with E-state index < -0.39 is 5.97 Å². The number of esters is 1. The molecule has 0 saturated heterocycles. The topological polar surface area (TPSA) is 65.2 Å². The van der Waals surface area contributed by atoms with Crippen LogP contribution in [0.15, 0.2) is 46.5 Å². The van der Waals surface area contributed by atoms with E-state index in [0.717, 1.165) is 4.90 Å². The summed E-state index contributed by atoms with van der Waals surface area (Å²) in [6.07, 6.45) is 3.36. The van der Waals surface area contributed by atoms with Crippen molar-refractivity contribution in [2.75, 3.05) is 12.3 Å². The van der Waals surface area contributed by atoms with Crippen LogP contribution >= 0.6 is 23.4 Å². The third kappa shape index (κ3) is 3.43. The Balaban J connectivity index is 2.42. The van der Waals surface area contributed by atoms with Gasteiger partial charge in [-0.25, -0.2) is 4.79 Å². The highest BCUT2D eigenvalue weighted by Crippen LogP contribution is 2.37. The highest BCUT2D eigenvalue weighted by molar-refractivity contribution is 7.99. The number of halogens is 1. The van der Waals surface area contributed by atoms with Gasteiger partial charge in [0.15, 0.2) is 0 Å². The Morgan fingerprint density at radius 3 is 2.75 bits per heavy atom. The second-order valence-electron chi connectivity index (χ2n) is 3.88. The van der Waals surface area contributed by atoms with Crippen molar-refractivity contribution in [3.63, 3.8) is 0 Å². The molecular formula is C14H13ClN2O2S. The molecule has 0 fully saturated rings. The minimum Gasteiger partial charge on any atom is -0.462 e. The van der Waals surface area contributed by atoms with Gasteiger partial charge in [-0.1, -0.05) is 23.4 Å². The molecule has 1 aromatic heterocycles. The second-order valence-corrected chi connectivity index (χ2v) is 5.38. The summed E-state index contributed by atoms with van der Waals surface area (Å²) >= 11 is 7.58. The highest BCUT2D eigenvalue weighted by atomic mass is 35.5. The van der Waals surface area contributed by atoms with Crippen LogP contribution in [0.5, 0.6) is 0 Å². The quantitative estimate of drug-likeness (QED) is 0.690. The average Bonchev–Trinajstić information content (AvgIpc) is 2.43. The van der Waals surface area contributed by atoms with Crippen molar-refractivity contribution >= 4 is 35.0 Å². The predicted octanol–water partition coefficient (Wildman–Crippen LogP) is 3.65. The van der Waals surface area contributed by atoms with Gasteiger partial charge >= 0.3 is 5.97 Å². The summed E-state index contributed by atoms with van der Waals surface area (Å²) in [5.74, 6) is -0.432. The highest BCUT2D eigenvalue weighted by Gasteiger charge is 2.17. The molecule has 0 atom stereocenters. The van der Waals surface area contributed by atoms with Crippen LogP contribution in [0.2, 0.25) is 5.02 Å². The van der Waals surface area contributed by atoms with Crippen LogP contribution in [0.3, 0.4) is 0 Å². The smallest absolute Gasteiger partial charge is 0.339 e. The van der Waals surface area contributed by atoms with Crippen molar-refractivity contribution in [3.05, 3.63) is 47.2 Å². The summed E-state index contributed by atoms with van der Waals surface area (Å²) < 4.78 is 5.04. The molecule has 0 amide bonds. The van der Waals surface area contributed by atoms with Gasteiger partial charge in [0, 0.05) is 27.9 Å². The predicted molar refractivity (Wildman–Crippen MR) is 80.2 cm³/mol. The number of carbonyl (C=O) groups excluding carboxylic acids is 1. The number of carbonyl (C=O) groups is 1.